The lowest BCUT2D eigenvalue weighted by atomic mass is 9.96. The Morgan fingerprint density at radius 2 is 1.86 bits per heavy atom. The normalized spacial score (nSPS) is 13.0. The lowest BCUT2D eigenvalue weighted by Crippen LogP contribution is -2.21. The van der Waals surface area contributed by atoms with Crippen LogP contribution in [-0.2, 0) is 6.42 Å². The van der Waals surface area contributed by atoms with Crippen molar-refractivity contribution in [3.63, 3.8) is 0 Å². The molecule has 4 rings (SSSR count). The molecule has 2 aromatic carbocycles. The lowest BCUT2D eigenvalue weighted by molar-refractivity contribution is 0.185. The zero-order valence-electron chi connectivity index (χ0n) is 18.4. The molecule has 0 fully saturated rings. The van der Waals surface area contributed by atoms with E-state index in [-0.39, 0.29) is 17.8 Å². The van der Waals surface area contributed by atoms with Crippen molar-refractivity contribution in [3.05, 3.63) is 113 Å². The molecule has 0 amide bonds. The molecule has 0 aliphatic heterocycles. The molecule has 1 unspecified atom stereocenters. The summed E-state index contributed by atoms with van der Waals surface area (Å²) in [6.45, 7) is 0. The van der Waals surface area contributed by atoms with Gasteiger partial charge in [0.25, 0.3) is 0 Å². The number of nitriles is 1. The summed E-state index contributed by atoms with van der Waals surface area (Å²) in [6, 6.07) is 17.7. The number of fused-ring (bicyclic) bond motifs is 1. The minimum Gasteiger partial charge on any atom is -0.382 e. The van der Waals surface area contributed by atoms with E-state index in [1.807, 2.05) is 36.4 Å². The minimum atomic E-state index is -1.09. The Bertz CT molecular complexity index is 1480. The second kappa shape index (κ2) is 10.1. The van der Waals surface area contributed by atoms with Gasteiger partial charge < -0.3 is 10.8 Å². The van der Waals surface area contributed by atoms with E-state index in [1.165, 1.54) is 12.3 Å². The summed E-state index contributed by atoms with van der Waals surface area (Å²) in [5.74, 6) is -1.79. The predicted octanol–water partition coefficient (Wildman–Crippen LogP) is 3.85. The Kier molecular flexibility index (Phi) is 6.76. The van der Waals surface area contributed by atoms with E-state index >= 15 is 0 Å². The molecule has 35 heavy (non-hydrogen) atoms. The van der Waals surface area contributed by atoms with E-state index in [9.17, 15) is 19.1 Å². The summed E-state index contributed by atoms with van der Waals surface area (Å²) in [7, 11) is 0. The highest BCUT2D eigenvalue weighted by Gasteiger charge is 2.20. The van der Waals surface area contributed by atoms with Crippen molar-refractivity contribution in [1.29, 1.82) is 10.7 Å². The van der Waals surface area contributed by atoms with Gasteiger partial charge >= 0.3 is 0 Å². The van der Waals surface area contributed by atoms with Crippen molar-refractivity contribution in [1.82, 2.24) is 9.38 Å². The smallest absolute Gasteiger partial charge is 0.151 e. The summed E-state index contributed by atoms with van der Waals surface area (Å²) in [5, 5.41) is 28.1. The van der Waals surface area contributed by atoms with Crippen LogP contribution in [0.15, 0.2) is 84.1 Å². The number of imidazole rings is 1. The van der Waals surface area contributed by atoms with E-state index in [1.54, 1.807) is 22.7 Å². The third kappa shape index (κ3) is 4.98. The number of halogens is 2. The third-order valence-corrected chi connectivity index (χ3v) is 5.32. The Balaban J connectivity index is 1.70. The number of aliphatic hydroxyl groups excluding tert-OH is 1. The molecule has 2 aromatic heterocycles. The van der Waals surface area contributed by atoms with E-state index in [2.05, 4.69) is 9.98 Å². The van der Waals surface area contributed by atoms with Crippen molar-refractivity contribution < 1.29 is 13.9 Å². The van der Waals surface area contributed by atoms with Crippen molar-refractivity contribution in [2.24, 2.45) is 10.7 Å². The number of aliphatic hydroxyl groups is 1. The highest BCUT2D eigenvalue weighted by molar-refractivity contribution is 6.30. The summed E-state index contributed by atoms with van der Waals surface area (Å²) >= 11 is 0. The van der Waals surface area contributed by atoms with Crippen LogP contribution < -0.4 is 5.73 Å². The van der Waals surface area contributed by atoms with E-state index < -0.39 is 29.1 Å². The third-order valence-electron chi connectivity index (χ3n) is 5.32. The van der Waals surface area contributed by atoms with Gasteiger partial charge in [0.15, 0.2) is 6.23 Å². The highest BCUT2D eigenvalue weighted by atomic mass is 19.1. The molecular weight excluding hydrogens is 450 g/mol. The Hall–Kier alpha value is -4.68. The number of allylic oxidation sites excluding steroid dienone is 2. The average Bonchev–Trinajstić information content (AvgIpc) is 3.26. The van der Waals surface area contributed by atoms with E-state index in [4.69, 9.17) is 11.1 Å². The minimum absolute atomic E-state index is 0.0117. The number of aliphatic imine (C=N–C) groups is 1. The van der Waals surface area contributed by atoms with Crippen LogP contribution in [0.1, 0.15) is 22.4 Å². The molecule has 0 aliphatic rings. The highest BCUT2D eigenvalue weighted by Crippen LogP contribution is 2.24. The van der Waals surface area contributed by atoms with Gasteiger partial charge in [-0.2, -0.15) is 5.26 Å². The number of nitrogens with one attached hydrogen (secondary N) is 1. The number of pyridine rings is 1. The SMILES string of the molecule is N#C/C=C(\C(=N)c1c(F)cccc1F)c1ccc2ncc(C(N)=NC(O)Cc3ccccc3)n2c1. The molecule has 4 aromatic rings. The molecule has 174 valence electrons. The summed E-state index contributed by atoms with van der Waals surface area (Å²) in [5.41, 5.74) is 7.23. The maximum Gasteiger partial charge on any atom is 0.151 e. The maximum absolute atomic E-state index is 14.3. The van der Waals surface area contributed by atoms with Gasteiger partial charge in [0.1, 0.15) is 28.8 Å². The first-order valence-corrected chi connectivity index (χ1v) is 10.5. The number of hydrogen-bond donors (Lipinski definition) is 3. The second-order valence-corrected chi connectivity index (χ2v) is 7.63. The van der Waals surface area contributed by atoms with Gasteiger partial charge in [-0.1, -0.05) is 36.4 Å². The Morgan fingerprint density at radius 1 is 1.14 bits per heavy atom. The van der Waals surface area contributed by atoms with Crippen LogP contribution in [0.4, 0.5) is 8.78 Å². The zero-order valence-corrected chi connectivity index (χ0v) is 18.4. The molecule has 4 N–H and O–H groups in total. The van der Waals surface area contributed by atoms with Gasteiger partial charge in [0, 0.05) is 29.8 Å². The van der Waals surface area contributed by atoms with E-state index in [0.29, 0.717) is 16.9 Å². The Morgan fingerprint density at radius 3 is 2.54 bits per heavy atom. The maximum atomic E-state index is 14.3. The van der Waals surface area contributed by atoms with E-state index in [0.717, 1.165) is 23.8 Å². The van der Waals surface area contributed by atoms with Crippen LogP contribution in [0.5, 0.6) is 0 Å². The Labute approximate surface area is 199 Å². The van der Waals surface area contributed by atoms with Gasteiger partial charge in [-0.3, -0.25) is 9.81 Å². The number of rotatable bonds is 7. The van der Waals surface area contributed by atoms with Crippen molar-refractivity contribution in [2.45, 2.75) is 12.6 Å². The standard InChI is InChI=1S/C26H20F2N6O/c27-19-7-4-8-20(28)24(19)25(30)18(11-12-29)17-9-10-22-32-14-21(34(22)15-17)26(31)33-23(35)13-16-5-2-1-3-6-16/h1-11,14-15,23,30,35H,13H2,(H2,31,33)/b18-11-,30-25?. The summed E-state index contributed by atoms with van der Waals surface area (Å²) in [6.07, 6.45) is 3.25. The number of amidine groups is 1. The number of hydrogen-bond acceptors (Lipinski definition) is 5. The molecule has 9 heteroatoms. The molecule has 0 spiro atoms. The average molecular weight is 470 g/mol. The van der Waals surface area contributed by atoms with Gasteiger partial charge in [-0.15, -0.1) is 0 Å². The molecule has 7 nitrogen and oxygen atoms in total. The molecule has 0 saturated carbocycles. The van der Waals surface area contributed by atoms with Gasteiger partial charge in [-0.05, 0) is 29.8 Å². The number of nitrogens with two attached hydrogens (primary N) is 1. The molecule has 0 radical (unpaired) electrons. The topological polar surface area (TPSA) is 124 Å². The van der Waals surface area contributed by atoms with Crippen LogP contribution in [0.2, 0.25) is 0 Å². The van der Waals surface area contributed by atoms with Gasteiger partial charge in [0.05, 0.1) is 23.5 Å². The van der Waals surface area contributed by atoms with Crippen molar-refractivity contribution >= 4 is 22.8 Å². The zero-order chi connectivity index (χ0) is 24.9. The molecule has 2 heterocycles. The summed E-state index contributed by atoms with van der Waals surface area (Å²) < 4.78 is 30.2. The summed E-state index contributed by atoms with van der Waals surface area (Å²) in [4.78, 5) is 8.43. The first kappa shape index (κ1) is 23.5. The quantitative estimate of drug-likeness (QED) is 0.216. The van der Waals surface area contributed by atoms with Crippen molar-refractivity contribution in [2.75, 3.05) is 0 Å². The largest absolute Gasteiger partial charge is 0.382 e. The monoisotopic (exact) mass is 470 g/mol. The number of nitrogens with zero attached hydrogens (tertiary/aromatic N) is 4. The fourth-order valence-electron chi connectivity index (χ4n) is 3.66. The fraction of sp³-hybridized carbons (Fsp3) is 0.0769. The van der Waals surface area contributed by atoms with Crippen LogP contribution in [0.25, 0.3) is 11.2 Å². The van der Waals surface area contributed by atoms with Crippen molar-refractivity contribution in [3.8, 4) is 6.07 Å². The number of benzene rings is 2. The molecule has 1 atom stereocenters. The van der Waals surface area contributed by atoms with Crippen LogP contribution in [-0.4, -0.2) is 32.3 Å². The van der Waals surface area contributed by atoms with Crippen LogP contribution in [0.3, 0.4) is 0 Å². The molecule has 0 bridgehead atoms. The van der Waals surface area contributed by atoms with Gasteiger partial charge in [-0.25, -0.2) is 18.8 Å². The number of aromatic nitrogens is 2. The fourth-order valence-corrected chi connectivity index (χ4v) is 3.66. The predicted molar refractivity (Wildman–Crippen MR) is 129 cm³/mol. The molecular formula is C26H20F2N6O. The first-order valence-electron chi connectivity index (χ1n) is 10.5. The molecule has 0 saturated heterocycles. The lowest BCUT2D eigenvalue weighted by Gasteiger charge is -2.12. The second-order valence-electron chi connectivity index (χ2n) is 7.63. The van der Waals surface area contributed by atoms with Gasteiger partial charge in [0.2, 0.25) is 0 Å². The van der Waals surface area contributed by atoms with Crippen LogP contribution >= 0.6 is 0 Å². The first-order chi connectivity index (χ1) is 16.9. The van der Waals surface area contributed by atoms with Crippen LogP contribution in [0, 0.1) is 28.4 Å². The molecule has 0 aliphatic carbocycles.